The summed E-state index contributed by atoms with van der Waals surface area (Å²) in [7, 11) is 0. The van der Waals surface area contributed by atoms with Crippen LogP contribution in [0.3, 0.4) is 0 Å². The summed E-state index contributed by atoms with van der Waals surface area (Å²) in [6.45, 7) is 1.73. The molecule has 178 valence electrons. The second-order valence-electron chi connectivity index (χ2n) is 7.46. The largest absolute Gasteiger partial charge is 0.573 e. The number of ether oxygens (including phenoxy) is 1. The third-order valence-corrected chi connectivity index (χ3v) is 4.92. The van der Waals surface area contributed by atoms with Crippen LogP contribution in [0.2, 0.25) is 0 Å². The molecular formula is C24H17F4N5O2. The Kier molecular flexibility index (Phi) is 6.29. The molecule has 0 aliphatic carbocycles. The van der Waals surface area contributed by atoms with E-state index in [0.717, 1.165) is 6.07 Å². The highest BCUT2D eigenvalue weighted by molar-refractivity contribution is 6.01. The van der Waals surface area contributed by atoms with Crippen molar-refractivity contribution < 1.29 is 27.1 Å². The van der Waals surface area contributed by atoms with Crippen LogP contribution >= 0.6 is 0 Å². The van der Waals surface area contributed by atoms with E-state index in [1.807, 2.05) is 0 Å². The van der Waals surface area contributed by atoms with E-state index in [4.69, 9.17) is 5.73 Å². The minimum absolute atomic E-state index is 0.147. The van der Waals surface area contributed by atoms with E-state index in [1.54, 1.807) is 37.4 Å². The van der Waals surface area contributed by atoms with Crippen LogP contribution < -0.4 is 15.8 Å². The number of carbonyl (C=O) groups is 1. The number of nitrogens with zero attached hydrogens (tertiary/aromatic N) is 3. The van der Waals surface area contributed by atoms with E-state index in [0.29, 0.717) is 16.6 Å². The van der Waals surface area contributed by atoms with E-state index in [-0.39, 0.29) is 11.1 Å². The molecular weight excluding hydrogens is 466 g/mol. The minimum atomic E-state index is -4.92. The van der Waals surface area contributed by atoms with Crippen molar-refractivity contribution in [3.05, 3.63) is 89.1 Å². The van der Waals surface area contributed by atoms with E-state index >= 15 is 0 Å². The van der Waals surface area contributed by atoms with Gasteiger partial charge in [-0.3, -0.25) is 4.79 Å². The number of benzene rings is 1. The Morgan fingerprint density at radius 1 is 1.14 bits per heavy atom. The van der Waals surface area contributed by atoms with Crippen molar-refractivity contribution in [1.82, 2.24) is 19.9 Å². The summed E-state index contributed by atoms with van der Waals surface area (Å²) in [5.41, 5.74) is 7.38. The molecule has 1 atom stereocenters. The summed E-state index contributed by atoms with van der Waals surface area (Å²) < 4.78 is 56.4. The molecule has 0 bridgehead atoms. The van der Waals surface area contributed by atoms with Gasteiger partial charge in [0, 0.05) is 29.6 Å². The predicted octanol–water partition coefficient (Wildman–Crippen LogP) is 4.24. The maximum atomic E-state index is 13.5. The lowest BCUT2D eigenvalue weighted by molar-refractivity contribution is -0.274. The molecule has 0 aliphatic heterocycles. The quantitative estimate of drug-likeness (QED) is 0.335. The monoisotopic (exact) mass is 483 g/mol. The minimum Gasteiger partial charge on any atom is -0.402 e. The molecule has 3 heterocycles. The van der Waals surface area contributed by atoms with Crippen molar-refractivity contribution in [2.24, 2.45) is 0 Å². The summed E-state index contributed by atoms with van der Waals surface area (Å²) in [5.74, 6) is 3.61. The zero-order valence-corrected chi connectivity index (χ0v) is 18.1. The molecule has 3 aromatic heterocycles. The van der Waals surface area contributed by atoms with E-state index in [9.17, 15) is 22.4 Å². The normalized spacial score (nSPS) is 12.0. The standard InChI is InChI=1S/C24H17F4N5O2/c1-14(17-3-2-4-18(25)11-17)32-23(34)19-13-31-33-8-7-15(9-20(19)33)5-6-16-10-21(22(29)30-12-16)35-24(26,27)28/h2-4,7-14H,1H3,(H2,29,30)(H,32,34)/t14-/m0/s1. The van der Waals surface area contributed by atoms with Gasteiger partial charge < -0.3 is 15.8 Å². The molecule has 0 saturated carbocycles. The van der Waals surface area contributed by atoms with Gasteiger partial charge in [-0.1, -0.05) is 24.0 Å². The van der Waals surface area contributed by atoms with Crippen LogP contribution in [0.1, 0.15) is 40.0 Å². The van der Waals surface area contributed by atoms with Gasteiger partial charge in [-0.05, 0) is 36.8 Å². The van der Waals surface area contributed by atoms with Crippen LogP contribution in [-0.2, 0) is 0 Å². The summed E-state index contributed by atoms with van der Waals surface area (Å²) in [6, 6.07) is 9.73. The van der Waals surface area contributed by atoms with Crippen LogP contribution in [0.25, 0.3) is 5.52 Å². The highest BCUT2D eigenvalue weighted by atomic mass is 19.4. The number of pyridine rings is 2. The lowest BCUT2D eigenvalue weighted by Gasteiger charge is -2.14. The predicted molar refractivity (Wildman–Crippen MR) is 119 cm³/mol. The van der Waals surface area contributed by atoms with Gasteiger partial charge in [0.05, 0.1) is 23.3 Å². The molecule has 1 amide bonds. The average molecular weight is 483 g/mol. The summed E-state index contributed by atoms with van der Waals surface area (Å²) in [5, 5.41) is 6.95. The second kappa shape index (κ2) is 9.34. The van der Waals surface area contributed by atoms with Crippen molar-refractivity contribution in [2.75, 3.05) is 5.73 Å². The number of fused-ring (bicyclic) bond motifs is 1. The van der Waals surface area contributed by atoms with Crippen LogP contribution in [0.4, 0.5) is 23.4 Å². The molecule has 0 radical (unpaired) electrons. The topological polar surface area (TPSA) is 94.5 Å². The van der Waals surface area contributed by atoms with E-state index in [2.05, 4.69) is 32.0 Å². The molecule has 35 heavy (non-hydrogen) atoms. The first-order valence-corrected chi connectivity index (χ1v) is 10.2. The molecule has 4 aromatic rings. The average Bonchev–Trinajstić information content (AvgIpc) is 3.22. The fourth-order valence-electron chi connectivity index (χ4n) is 3.24. The first kappa shape index (κ1) is 23.6. The Morgan fingerprint density at radius 3 is 2.66 bits per heavy atom. The lowest BCUT2D eigenvalue weighted by Crippen LogP contribution is -2.26. The Labute approximate surface area is 196 Å². The first-order chi connectivity index (χ1) is 16.6. The molecule has 7 nitrogen and oxygen atoms in total. The zero-order valence-electron chi connectivity index (χ0n) is 18.1. The number of nitrogens with two attached hydrogens (primary N) is 1. The molecule has 0 spiro atoms. The van der Waals surface area contributed by atoms with Gasteiger partial charge in [0.15, 0.2) is 11.6 Å². The molecule has 1 aromatic carbocycles. The Balaban J connectivity index is 1.57. The maximum absolute atomic E-state index is 13.5. The number of carbonyl (C=O) groups excluding carboxylic acids is 1. The number of hydrogen-bond acceptors (Lipinski definition) is 5. The third kappa shape index (κ3) is 5.67. The van der Waals surface area contributed by atoms with E-state index in [1.165, 1.54) is 29.0 Å². The summed E-state index contributed by atoms with van der Waals surface area (Å²) in [6.07, 6.45) is -0.718. The fourth-order valence-corrected chi connectivity index (χ4v) is 3.24. The molecule has 0 unspecified atom stereocenters. The maximum Gasteiger partial charge on any atom is 0.573 e. The molecule has 3 N–H and O–H groups in total. The van der Waals surface area contributed by atoms with Gasteiger partial charge in [-0.2, -0.15) is 5.10 Å². The van der Waals surface area contributed by atoms with Crippen LogP contribution in [0, 0.1) is 17.7 Å². The molecule has 0 fully saturated rings. The third-order valence-electron chi connectivity index (χ3n) is 4.92. The number of halogens is 4. The number of nitrogens with one attached hydrogen (secondary N) is 1. The van der Waals surface area contributed by atoms with Crippen molar-refractivity contribution in [1.29, 1.82) is 0 Å². The SMILES string of the molecule is C[C@H](NC(=O)c1cnn2ccc(C#Cc3cnc(N)c(OC(F)(F)F)c3)cc12)c1cccc(F)c1. The van der Waals surface area contributed by atoms with Crippen LogP contribution in [0.5, 0.6) is 5.75 Å². The number of anilines is 1. The summed E-state index contributed by atoms with van der Waals surface area (Å²) >= 11 is 0. The number of nitrogen functional groups attached to an aromatic ring is 1. The molecule has 0 aliphatic rings. The number of hydrogen-bond donors (Lipinski definition) is 2. The summed E-state index contributed by atoms with van der Waals surface area (Å²) in [4.78, 5) is 16.5. The van der Waals surface area contributed by atoms with Crippen LogP contribution in [0.15, 0.2) is 61.1 Å². The Bertz CT molecular complexity index is 1470. The van der Waals surface area contributed by atoms with Gasteiger partial charge in [0.25, 0.3) is 5.91 Å². The first-order valence-electron chi connectivity index (χ1n) is 10.2. The fraction of sp³-hybridized carbons (Fsp3) is 0.125. The van der Waals surface area contributed by atoms with Gasteiger partial charge in [0.2, 0.25) is 0 Å². The second-order valence-corrected chi connectivity index (χ2v) is 7.46. The van der Waals surface area contributed by atoms with Gasteiger partial charge in [-0.25, -0.2) is 13.9 Å². The number of alkyl halides is 3. The van der Waals surface area contributed by atoms with Crippen molar-refractivity contribution in [3.8, 4) is 17.6 Å². The smallest absolute Gasteiger partial charge is 0.402 e. The lowest BCUT2D eigenvalue weighted by atomic mass is 10.1. The van der Waals surface area contributed by atoms with Crippen molar-refractivity contribution in [3.63, 3.8) is 0 Å². The Morgan fingerprint density at radius 2 is 1.91 bits per heavy atom. The molecule has 0 saturated heterocycles. The zero-order chi connectivity index (χ0) is 25.2. The number of rotatable bonds is 4. The van der Waals surface area contributed by atoms with Crippen molar-refractivity contribution >= 4 is 17.2 Å². The van der Waals surface area contributed by atoms with E-state index < -0.39 is 35.7 Å². The molecule has 11 heteroatoms. The van der Waals surface area contributed by atoms with Crippen molar-refractivity contribution in [2.45, 2.75) is 19.3 Å². The highest BCUT2D eigenvalue weighted by Gasteiger charge is 2.32. The van der Waals surface area contributed by atoms with Gasteiger partial charge in [-0.15, -0.1) is 13.2 Å². The highest BCUT2D eigenvalue weighted by Crippen LogP contribution is 2.27. The molecule has 4 rings (SSSR count). The van der Waals surface area contributed by atoms with Gasteiger partial charge >= 0.3 is 6.36 Å². The van der Waals surface area contributed by atoms with Gasteiger partial charge in [0.1, 0.15) is 5.82 Å². The number of aromatic nitrogens is 3. The van der Waals surface area contributed by atoms with Crippen LogP contribution in [-0.4, -0.2) is 26.9 Å². The Hall–Kier alpha value is -4.59. The number of amides is 1.